The zero-order valence-corrected chi connectivity index (χ0v) is 12.4. The fourth-order valence-corrected chi connectivity index (χ4v) is 2.34. The van der Waals surface area contributed by atoms with Gasteiger partial charge in [0.1, 0.15) is 0 Å². The Kier molecular flexibility index (Phi) is 4.45. The Bertz CT molecular complexity index is 722. The third-order valence-electron chi connectivity index (χ3n) is 3.45. The predicted molar refractivity (Wildman–Crippen MR) is 89.2 cm³/mol. The molecule has 1 aromatic heterocycles. The normalized spacial score (nSPS) is 11.7. The number of nitrogens with zero attached hydrogens (tertiary/aromatic N) is 2. The number of benzene rings is 2. The van der Waals surface area contributed by atoms with Crippen LogP contribution in [0.1, 0.15) is 11.8 Å². The summed E-state index contributed by atoms with van der Waals surface area (Å²) in [5, 5.41) is 10.4. The number of aromatic nitrogens is 1. The van der Waals surface area contributed by atoms with Gasteiger partial charge in [0, 0.05) is 17.6 Å². The molecule has 4 heteroatoms. The van der Waals surface area contributed by atoms with E-state index < -0.39 is 12.0 Å². The van der Waals surface area contributed by atoms with Crippen LogP contribution in [0.4, 0.5) is 11.4 Å². The Morgan fingerprint density at radius 2 is 1.35 bits per heavy atom. The second-order valence-corrected chi connectivity index (χ2v) is 5.00. The minimum absolute atomic E-state index is 0.328. The highest BCUT2D eigenvalue weighted by molar-refractivity contribution is 6.03. The largest absolute Gasteiger partial charge is 0.377 e. The third kappa shape index (κ3) is 3.27. The summed E-state index contributed by atoms with van der Waals surface area (Å²) >= 11 is 0. The lowest BCUT2D eigenvalue weighted by atomic mass is 10.1. The average molecular weight is 304 g/mol. The van der Waals surface area contributed by atoms with Crippen molar-refractivity contribution in [1.29, 1.82) is 0 Å². The maximum Gasteiger partial charge on any atom is 0.266 e. The van der Waals surface area contributed by atoms with Crippen molar-refractivity contribution in [2.45, 2.75) is 6.10 Å². The van der Waals surface area contributed by atoms with Crippen LogP contribution in [-0.2, 0) is 4.79 Å². The van der Waals surface area contributed by atoms with Crippen LogP contribution in [0.5, 0.6) is 0 Å². The number of aliphatic hydroxyl groups is 1. The molecule has 1 N–H and O–H groups in total. The molecule has 2 aromatic carbocycles. The highest BCUT2D eigenvalue weighted by Gasteiger charge is 2.27. The van der Waals surface area contributed by atoms with Crippen LogP contribution in [0, 0.1) is 0 Å². The molecule has 23 heavy (non-hydrogen) atoms. The van der Waals surface area contributed by atoms with Crippen molar-refractivity contribution < 1.29 is 9.90 Å². The van der Waals surface area contributed by atoms with Crippen LogP contribution in [0.25, 0.3) is 0 Å². The smallest absolute Gasteiger partial charge is 0.266 e. The summed E-state index contributed by atoms with van der Waals surface area (Å²) in [6.45, 7) is 0. The predicted octanol–water partition coefficient (Wildman–Crippen LogP) is 3.48. The molecule has 1 heterocycles. The Balaban J connectivity index is 2.00. The molecule has 0 fully saturated rings. The van der Waals surface area contributed by atoms with E-state index in [-0.39, 0.29) is 0 Å². The second-order valence-electron chi connectivity index (χ2n) is 5.00. The first kappa shape index (κ1) is 14.9. The maximum atomic E-state index is 12.9. The summed E-state index contributed by atoms with van der Waals surface area (Å²) < 4.78 is 0. The highest BCUT2D eigenvalue weighted by Crippen LogP contribution is 2.28. The molecule has 0 spiro atoms. The monoisotopic (exact) mass is 304 g/mol. The highest BCUT2D eigenvalue weighted by atomic mass is 16.3. The number of amides is 1. The van der Waals surface area contributed by atoms with Crippen molar-refractivity contribution in [2.75, 3.05) is 4.90 Å². The first-order valence-electron chi connectivity index (χ1n) is 7.30. The number of hydrogen-bond acceptors (Lipinski definition) is 3. The van der Waals surface area contributed by atoms with Gasteiger partial charge in [0.2, 0.25) is 0 Å². The van der Waals surface area contributed by atoms with Crippen molar-refractivity contribution in [2.24, 2.45) is 0 Å². The van der Waals surface area contributed by atoms with E-state index in [1.807, 2.05) is 60.7 Å². The van der Waals surface area contributed by atoms with E-state index in [1.54, 1.807) is 24.4 Å². The van der Waals surface area contributed by atoms with Crippen LogP contribution in [0.15, 0.2) is 85.1 Å². The summed E-state index contributed by atoms with van der Waals surface area (Å²) in [5.41, 5.74) is 1.71. The molecule has 4 nitrogen and oxygen atoms in total. The van der Waals surface area contributed by atoms with Gasteiger partial charge in [0.05, 0.1) is 5.69 Å². The van der Waals surface area contributed by atoms with Gasteiger partial charge in [-0.15, -0.1) is 0 Å². The molecule has 3 rings (SSSR count). The lowest BCUT2D eigenvalue weighted by molar-refractivity contribution is -0.126. The molecule has 1 atom stereocenters. The van der Waals surface area contributed by atoms with Crippen LogP contribution in [-0.4, -0.2) is 16.0 Å². The molecule has 0 aliphatic heterocycles. The van der Waals surface area contributed by atoms with E-state index in [1.165, 1.54) is 4.90 Å². The topological polar surface area (TPSA) is 53.4 Å². The van der Waals surface area contributed by atoms with Crippen LogP contribution < -0.4 is 4.90 Å². The molecule has 0 saturated heterocycles. The van der Waals surface area contributed by atoms with Gasteiger partial charge in [0.15, 0.2) is 6.10 Å². The number of aliphatic hydroxyl groups excluding tert-OH is 1. The molecule has 1 amide bonds. The summed E-state index contributed by atoms with van der Waals surface area (Å²) in [5.74, 6) is -0.443. The van der Waals surface area contributed by atoms with E-state index in [0.29, 0.717) is 17.1 Å². The number of carbonyl (C=O) groups is 1. The van der Waals surface area contributed by atoms with Gasteiger partial charge in [-0.3, -0.25) is 14.7 Å². The standard InChI is InChI=1S/C19H16N2O2/c22-18(17-13-7-8-14-20-17)19(23)21(15-9-3-1-4-10-15)16-11-5-2-6-12-16/h1-14,18,22H/t18-/m1/s1. The Morgan fingerprint density at radius 3 is 1.83 bits per heavy atom. The number of pyridine rings is 1. The van der Waals surface area contributed by atoms with E-state index in [9.17, 15) is 9.90 Å². The molecule has 0 radical (unpaired) electrons. The van der Waals surface area contributed by atoms with E-state index in [0.717, 1.165) is 0 Å². The lowest BCUT2D eigenvalue weighted by Gasteiger charge is -2.25. The second kappa shape index (κ2) is 6.85. The van der Waals surface area contributed by atoms with E-state index >= 15 is 0 Å². The Labute approximate surface area is 134 Å². The zero-order valence-electron chi connectivity index (χ0n) is 12.4. The number of rotatable bonds is 4. The molecule has 3 aromatic rings. The molecule has 0 aliphatic carbocycles. The van der Waals surface area contributed by atoms with Crippen molar-refractivity contribution in [1.82, 2.24) is 4.98 Å². The molecule has 0 bridgehead atoms. The first-order chi connectivity index (χ1) is 11.3. The third-order valence-corrected chi connectivity index (χ3v) is 3.45. The quantitative estimate of drug-likeness (QED) is 0.803. The van der Waals surface area contributed by atoms with Gasteiger partial charge in [-0.1, -0.05) is 42.5 Å². The minimum atomic E-state index is -1.32. The van der Waals surface area contributed by atoms with Gasteiger partial charge in [0.25, 0.3) is 5.91 Å². The number of para-hydroxylation sites is 2. The first-order valence-corrected chi connectivity index (χ1v) is 7.30. The number of anilines is 2. The van der Waals surface area contributed by atoms with Crippen molar-refractivity contribution in [3.8, 4) is 0 Å². The van der Waals surface area contributed by atoms with Crippen molar-refractivity contribution >= 4 is 17.3 Å². The summed E-state index contributed by atoms with van der Waals surface area (Å²) in [6, 6.07) is 23.6. The Morgan fingerprint density at radius 1 is 0.826 bits per heavy atom. The number of hydrogen-bond donors (Lipinski definition) is 1. The molecule has 0 unspecified atom stereocenters. The van der Waals surface area contributed by atoms with Gasteiger partial charge >= 0.3 is 0 Å². The average Bonchev–Trinajstić information content (AvgIpc) is 2.64. The molecular weight excluding hydrogens is 288 g/mol. The zero-order chi connectivity index (χ0) is 16.1. The van der Waals surface area contributed by atoms with Crippen molar-refractivity contribution in [3.05, 3.63) is 90.8 Å². The molecule has 114 valence electrons. The molecule has 0 aliphatic rings. The van der Waals surface area contributed by atoms with Crippen molar-refractivity contribution in [3.63, 3.8) is 0 Å². The summed E-state index contributed by atoms with van der Waals surface area (Å²) in [4.78, 5) is 18.5. The number of carbonyl (C=O) groups excluding carboxylic acids is 1. The van der Waals surface area contributed by atoms with Gasteiger partial charge in [-0.25, -0.2) is 0 Å². The maximum absolute atomic E-state index is 12.9. The van der Waals surface area contributed by atoms with E-state index in [2.05, 4.69) is 4.98 Å². The Hall–Kier alpha value is -2.98. The fraction of sp³-hybridized carbons (Fsp3) is 0.0526. The SMILES string of the molecule is O=C([C@H](O)c1ccccn1)N(c1ccccc1)c1ccccc1. The van der Waals surface area contributed by atoms with E-state index in [4.69, 9.17) is 0 Å². The fourth-order valence-electron chi connectivity index (χ4n) is 2.34. The summed E-state index contributed by atoms with van der Waals surface area (Å²) in [6.07, 6.45) is 0.234. The van der Waals surface area contributed by atoms with Crippen LogP contribution in [0.3, 0.4) is 0 Å². The summed E-state index contributed by atoms with van der Waals surface area (Å²) in [7, 11) is 0. The lowest BCUT2D eigenvalue weighted by Crippen LogP contribution is -2.31. The van der Waals surface area contributed by atoms with Crippen LogP contribution in [0.2, 0.25) is 0 Å². The molecule has 0 saturated carbocycles. The van der Waals surface area contributed by atoms with Gasteiger partial charge in [-0.05, 0) is 36.4 Å². The van der Waals surface area contributed by atoms with Gasteiger partial charge < -0.3 is 5.11 Å². The minimum Gasteiger partial charge on any atom is -0.377 e. The van der Waals surface area contributed by atoms with Crippen LogP contribution >= 0.6 is 0 Å². The molecular formula is C19H16N2O2. The van der Waals surface area contributed by atoms with Gasteiger partial charge in [-0.2, -0.15) is 0 Å².